The number of aromatic nitrogens is 2. The molecule has 20 heavy (non-hydrogen) atoms. The van der Waals surface area contributed by atoms with Crippen LogP contribution in [0.15, 0.2) is 24.3 Å². The standard InChI is InChI=1S/C15H18ClFN2O/c1-10(2)6-14-13(9-20)15(16)19(18-14)8-11-4-3-5-12(17)7-11/h3-5,7,10,20H,6,8-9H2,1-2H3. The third-order valence-electron chi connectivity index (χ3n) is 3.05. The number of halogens is 2. The molecule has 0 bridgehead atoms. The minimum atomic E-state index is -0.282. The first kappa shape index (κ1) is 15.0. The van der Waals surface area contributed by atoms with Gasteiger partial charge in [-0.15, -0.1) is 0 Å². The molecule has 0 spiro atoms. The summed E-state index contributed by atoms with van der Waals surface area (Å²) in [6, 6.07) is 6.34. The van der Waals surface area contributed by atoms with Crippen molar-refractivity contribution in [2.75, 3.05) is 0 Å². The highest BCUT2D eigenvalue weighted by Gasteiger charge is 2.16. The van der Waals surface area contributed by atoms with Crippen molar-refractivity contribution in [2.45, 2.75) is 33.4 Å². The lowest BCUT2D eigenvalue weighted by Crippen LogP contribution is -2.03. The Bertz CT molecular complexity index is 596. The smallest absolute Gasteiger partial charge is 0.133 e. The number of hydrogen-bond acceptors (Lipinski definition) is 2. The summed E-state index contributed by atoms with van der Waals surface area (Å²) in [6.07, 6.45) is 0.756. The number of hydrogen-bond donors (Lipinski definition) is 1. The average molecular weight is 297 g/mol. The predicted octanol–water partition coefficient (Wildman–Crippen LogP) is 3.41. The van der Waals surface area contributed by atoms with Gasteiger partial charge in [0.1, 0.15) is 11.0 Å². The molecule has 0 saturated carbocycles. The first-order valence-corrected chi connectivity index (χ1v) is 6.98. The van der Waals surface area contributed by atoms with Gasteiger partial charge in [0.05, 0.1) is 18.8 Å². The molecule has 1 N–H and O–H groups in total. The van der Waals surface area contributed by atoms with Crippen molar-refractivity contribution in [3.05, 3.63) is 52.1 Å². The molecule has 2 rings (SSSR count). The van der Waals surface area contributed by atoms with E-state index < -0.39 is 0 Å². The molecular weight excluding hydrogens is 279 g/mol. The third-order valence-corrected chi connectivity index (χ3v) is 3.47. The van der Waals surface area contributed by atoms with Crippen molar-refractivity contribution in [1.82, 2.24) is 9.78 Å². The van der Waals surface area contributed by atoms with Crippen LogP contribution in [0.25, 0.3) is 0 Å². The second-order valence-electron chi connectivity index (χ2n) is 5.26. The van der Waals surface area contributed by atoms with E-state index in [-0.39, 0.29) is 12.4 Å². The van der Waals surface area contributed by atoms with Gasteiger partial charge in [-0.2, -0.15) is 5.10 Å². The molecule has 0 aliphatic rings. The van der Waals surface area contributed by atoms with Crippen LogP contribution < -0.4 is 0 Å². The summed E-state index contributed by atoms with van der Waals surface area (Å²) in [5, 5.41) is 14.3. The Labute approximate surface area is 123 Å². The molecule has 1 aromatic heterocycles. The summed E-state index contributed by atoms with van der Waals surface area (Å²) < 4.78 is 14.8. The average Bonchev–Trinajstić information content (AvgIpc) is 2.64. The van der Waals surface area contributed by atoms with E-state index in [1.807, 2.05) is 6.07 Å². The van der Waals surface area contributed by atoms with Gasteiger partial charge in [-0.25, -0.2) is 9.07 Å². The van der Waals surface area contributed by atoms with Crippen LogP contribution in [0.5, 0.6) is 0 Å². The molecule has 3 nitrogen and oxygen atoms in total. The van der Waals surface area contributed by atoms with Gasteiger partial charge in [0.25, 0.3) is 0 Å². The molecule has 0 unspecified atom stereocenters. The van der Waals surface area contributed by atoms with Crippen molar-refractivity contribution in [2.24, 2.45) is 5.92 Å². The zero-order valence-electron chi connectivity index (χ0n) is 11.6. The summed E-state index contributed by atoms with van der Waals surface area (Å²) in [7, 11) is 0. The fourth-order valence-electron chi connectivity index (χ4n) is 2.15. The van der Waals surface area contributed by atoms with Crippen LogP contribution in [-0.2, 0) is 19.6 Å². The Balaban J connectivity index is 2.30. The Kier molecular flexibility index (Phi) is 4.78. The maximum absolute atomic E-state index is 13.2. The summed E-state index contributed by atoms with van der Waals surface area (Å²) in [5.74, 6) is 0.143. The normalized spacial score (nSPS) is 11.3. The van der Waals surface area contributed by atoms with E-state index in [1.165, 1.54) is 12.1 Å². The van der Waals surface area contributed by atoms with Crippen LogP contribution in [0.4, 0.5) is 4.39 Å². The van der Waals surface area contributed by atoms with Crippen LogP contribution in [0.2, 0.25) is 5.15 Å². The lowest BCUT2D eigenvalue weighted by molar-refractivity contribution is 0.280. The van der Waals surface area contributed by atoms with Crippen LogP contribution in [0, 0.1) is 11.7 Å². The molecule has 108 valence electrons. The zero-order valence-corrected chi connectivity index (χ0v) is 12.4. The fraction of sp³-hybridized carbons (Fsp3) is 0.400. The number of benzene rings is 1. The molecule has 0 saturated heterocycles. The van der Waals surface area contributed by atoms with E-state index in [0.717, 1.165) is 17.7 Å². The molecule has 1 aromatic carbocycles. The Morgan fingerprint density at radius 3 is 2.75 bits per heavy atom. The zero-order chi connectivity index (χ0) is 14.7. The maximum Gasteiger partial charge on any atom is 0.133 e. The van der Waals surface area contributed by atoms with E-state index in [1.54, 1.807) is 10.7 Å². The van der Waals surface area contributed by atoms with Gasteiger partial charge in [0, 0.05) is 5.56 Å². The van der Waals surface area contributed by atoms with E-state index in [9.17, 15) is 9.50 Å². The van der Waals surface area contributed by atoms with Gasteiger partial charge < -0.3 is 5.11 Å². The second-order valence-corrected chi connectivity index (χ2v) is 5.62. The van der Waals surface area contributed by atoms with Crippen molar-refractivity contribution in [3.63, 3.8) is 0 Å². The van der Waals surface area contributed by atoms with Crippen LogP contribution >= 0.6 is 11.6 Å². The minimum Gasteiger partial charge on any atom is -0.391 e. The summed E-state index contributed by atoms with van der Waals surface area (Å²) in [6.45, 7) is 4.42. The molecule has 0 fully saturated rings. The Morgan fingerprint density at radius 2 is 2.15 bits per heavy atom. The molecule has 5 heteroatoms. The van der Waals surface area contributed by atoms with Crippen LogP contribution in [-0.4, -0.2) is 14.9 Å². The van der Waals surface area contributed by atoms with E-state index in [4.69, 9.17) is 11.6 Å². The summed E-state index contributed by atoms with van der Waals surface area (Å²) in [5.41, 5.74) is 2.26. The van der Waals surface area contributed by atoms with Gasteiger partial charge in [0.2, 0.25) is 0 Å². The highest BCUT2D eigenvalue weighted by atomic mass is 35.5. The molecule has 1 heterocycles. The van der Waals surface area contributed by atoms with Crippen molar-refractivity contribution in [3.8, 4) is 0 Å². The molecule has 2 aromatic rings. The van der Waals surface area contributed by atoms with Crippen molar-refractivity contribution in [1.29, 1.82) is 0 Å². The number of nitrogens with zero attached hydrogens (tertiary/aromatic N) is 2. The Hall–Kier alpha value is -1.39. The highest BCUT2D eigenvalue weighted by Crippen LogP contribution is 2.23. The molecule has 0 aliphatic carbocycles. The van der Waals surface area contributed by atoms with Gasteiger partial charge in [-0.05, 0) is 30.0 Å². The molecule has 0 aliphatic heterocycles. The van der Waals surface area contributed by atoms with Crippen LogP contribution in [0.1, 0.15) is 30.7 Å². The topological polar surface area (TPSA) is 38.0 Å². The second kappa shape index (κ2) is 6.37. The lowest BCUT2D eigenvalue weighted by Gasteiger charge is -2.04. The van der Waals surface area contributed by atoms with E-state index >= 15 is 0 Å². The molecule has 0 amide bonds. The molecular formula is C15H18ClFN2O. The first-order valence-electron chi connectivity index (χ1n) is 6.60. The quantitative estimate of drug-likeness (QED) is 0.918. The lowest BCUT2D eigenvalue weighted by atomic mass is 10.1. The molecule has 0 atom stereocenters. The molecule has 0 radical (unpaired) electrons. The summed E-state index contributed by atoms with van der Waals surface area (Å²) >= 11 is 6.25. The van der Waals surface area contributed by atoms with Gasteiger partial charge >= 0.3 is 0 Å². The minimum absolute atomic E-state index is 0.135. The number of rotatable bonds is 5. The van der Waals surface area contributed by atoms with Gasteiger partial charge in [0.15, 0.2) is 0 Å². The summed E-state index contributed by atoms with van der Waals surface area (Å²) in [4.78, 5) is 0. The highest BCUT2D eigenvalue weighted by molar-refractivity contribution is 6.30. The monoisotopic (exact) mass is 296 g/mol. The largest absolute Gasteiger partial charge is 0.391 e. The number of aliphatic hydroxyl groups is 1. The fourth-order valence-corrected chi connectivity index (χ4v) is 2.41. The maximum atomic E-state index is 13.2. The third kappa shape index (κ3) is 3.38. The van der Waals surface area contributed by atoms with E-state index in [0.29, 0.717) is 23.2 Å². The van der Waals surface area contributed by atoms with Gasteiger partial charge in [-0.1, -0.05) is 37.6 Å². The first-order chi connectivity index (χ1) is 9.51. The van der Waals surface area contributed by atoms with Gasteiger partial charge in [-0.3, -0.25) is 0 Å². The SMILES string of the molecule is CC(C)Cc1nn(Cc2cccc(F)c2)c(Cl)c1CO. The van der Waals surface area contributed by atoms with Crippen LogP contribution in [0.3, 0.4) is 0 Å². The Morgan fingerprint density at radius 1 is 1.40 bits per heavy atom. The van der Waals surface area contributed by atoms with Crippen molar-refractivity contribution < 1.29 is 9.50 Å². The predicted molar refractivity (Wildman–Crippen MR) is 77.2 cm³/mol. The number of aliphatic hydroxyl groups excluding tert-OH is 1. The van der Waals surface area contributed by atoms with Crippen molar-refractivity contribution >= 4 is 11.6 Å². The van der Waals surface area contributed by atoms with E-state index in [2.05, 4.69) is 18.9 Å².